The summed E-state index contributed by atoms with van der Waals surface area (Å²) in [5.74, 6) is -3.24. The van der Waals surface area contributed by atoms with Crippen molar-refractivity contribution in [3.8, 4) is 0 Å². The van der Waals surface area contributed by atoms with Crippen LogP contribution in [0.25, 0.3) is 0 Å². The lowest BCUT2D eigenvalue weighted by Crippen LogP contribution is -2.15. The fraction of sp³-hybridized carbons (Fsp3) is 0.267. The van der Waals surface area contributed by atoms with Gasteiger partial charge >= 0.3 is 11.9 Å². The Morgan fingerprint density at radius 3 is 2.04 bits per heavy atom. The molecule has 0 atom stereocenters. The van der Waals surface area contributed by atoms with Crippen LogP contribution < -0.4 is 5.32 Å². The Hall–Kier alpha value is -2.37. The number of rotatable bonds is 6. The first-order valence-electron chi connectivity index (χ1n) is 6.93. The quantitative estimate of drug-likeness (QED) is 0.411. The highest BCUT2D eigenvalue weighted by Gasteiger charge is 2.19. The van der Waals surface area contributed by atoms with E-state index in [4.69, 9.17) is 14.8 Å². The molecule has 0 aliphatic heterocycles. The highest BCUT2D eigenvalue weighted by atomic mass is 32.2. The molecule has 1 aromatic carbocycles. The SMILES string of the molecule is C=CC(=O)Nc1ccc(C(=O)O)c(C)c1C(=O)O.CCCS(=O)(=O)O.S. The molecule has 0 saturated carbocycles. The molecule has 0 unspecified atom stereocenters. The second-order valence-corrected chi connectivity index (χ2v) is 6.32. The van der Waals surface area contributed by atoms with Crippen molar-refractivity contribution >= 4 is 47.1 Å². The second-order valence-electron chi connectivity index (χ2n) is 4.75. The molecule has 9 nitrogen and oxygen atoms in total. The third kappa shape index (κ3) is 8.65. The van der Waals surface area contributed by atoms with Crippen LogP contribution in [0.5, 0.6) is 0 Å². The molecule has 0 aliphatic rings. The summed E-state index contributed by atoms with van der Waals surface area (Å²) < 4.78 is 27.6. The van der Waals surface area contributed by atoms with Gasteiger partial charge in [-0.15, -0.1) is 0 Å². The van der Waals surface area contributed by atoms with Gasteiger partial charge in [-0.2, -0.15) is 21.9 Å². The van der Waals surface area contributed by atoms with Gasteiger partial charge < -0.3 is 15.5 Å². The summed E-state index contributed by atoms with van der Waals surface area (Å²) in [5, 5.41) is 20.3. The molecule has 0 aliphatic carbocycles. The van der Waals surface area contributed by atoms with E-state index < -0.39 is 28.0 Å². The van der Waals surface area contributed by atoms with Crippen LogP contribution in [0.15, 0.2) is 24.8 Å². The minimum Gasteiger partial charge on any atom is -0.478 e. The number of carbonyl (C=O) groups excluding carboxylic acids is 1. The molecule has 26 heavy (non-hydrogen) atoms. The average Bonchev–Trinajstić information content (AvgIpc) is 2.45. The number of carboxylic acids is 2. The number of carbonyl (C=O) groups is 3. The van der Waals surface area contributed by atoms with Gasteiger partial charge in [0.1, 0.15) is 0 Å². The minimum absolute atomic E-state index is 0. The van der Waals surface area contributed by atoms with Gasteiger partial charge in [-0.05, 0) is 37.1 Å². The molecule has 1 rings (SSSR count). The fourth-order valence-corrected chi connectivity index (χ4v) is 2.28. The van der Waals surface area contributed by atoms with E-state index in [-0.39, 0.29) is 41.6 Å². The highest BCUT2D eigenvalue weighted by Crippen LogP contribution is 2.23. The lowest BCUT2D eigenvalue weighted by molar-refractivity contribution is -0.111. The van der Waals surface area contributed by atoms with E-state index in [2.05, 4.69) is 11.9 Å². The van der Waals surface area contributed by atoms with Gasteiger partial charge in [0, 0.05) is 0 Å². The molecular formula is C15H21NO8S2. The Morgan fingerprint density at radius 2 is 1.73 bits per heavy atom. The summed E-state index contributed by atoms with van der Waals surface area (Å²) in [6.07, 6.45) is 1.46. The zero-order valence-electron chi connectivity index (χ0n) is 14.1. The minimum atomic E-state index is -3.67. The lowest BCUT2D eigenvalue weighted by atomic mass is 10.0. The molecule has 0 saturated heterocycles. The Kier molecular flexibility index (Phi) is 11.2. The Morgan fingerprint density at radius 1 is 1.19 bits per heavy atom. The Labute approximate surface area is 157 Å². The van der Waals surface area contributed by atoms with Crippen LogP contribution in [-0.2, 0) is 14.9 Å². The molecule has 4 N–H and O–H groups in total. The Bertz CT molecular complexity index is 787. The van der Waals surface area contributed by atoms with Gasteiger partial charge in [-0.1, -0.05) is 13.5 Å². The first-order valence-corrected chi connectivity index (χ1v) is 8.54. The molecular weight excluding hydrogens is 386 g/mol. The lowest BCUT2D eigenvalue weighted by Gasteiger charge is -2.11. The zero-order chi connectivity index (χ0) is 19.8. The summed E-state index contributed by atoms with van der Waals surface area (Å²) in [7, 11) is -3.67. The Balaban J connectivity index is 0. The first kappa shape index (κ1) is 25.9. The number of hydrogen-bond donors (Lipinski definition) is 4. The number of anilines is 1. The number of benzene rings is 1. The summed E-state index contributed by atoms with van der Waals surface area (Å²) in [6.45, 7) is 6.31. The third-order valence-corrected chi connectivity index (χ3v) is 3.74. The molecule has 0 radical (unpaired) electrons. The van der Waals surface area contributed by atoms with Crippen LogP contribution in [0, 0.1) is 6.92 Å². The van der Waals surface area contributed by atoms with Gasteiger partial charge in [0.05, 0.1) is 22.6 Å². The molecule has 0 spiro atoms. The maximum Gasteiger partial charge on any atom is 0.338 e. The van der Waals surface area contributed by atoms with Gasteiger partial charge in [0.2, 0.25) is 5.91 Å². The smallest absolute Gasteiger partial charge is 0.338 e. The van der Waals surface area contributed by atoms with Crippen molar-refractivity contribution in [2.24, 2.45) is 0 Å². The summed E-state index contributed by atoms with van der Waals surface area (Å²) >= 11 is 0. The van der Waals surface area contributed by atoms with E-state index in [1.165, 1.54) is 19.1 Å². The van der Waals surface area contributed by atoms with Crippen LogP contribution >= 0.6 is 13.5 Å². The number of aromatic carboxylic acids is 2. The van der Waals surface area contributed by atoms with Crippen LogP contribution in [-0.4, -0.2) is 46.8 Å². The molecule has 1 amide bonds. The molecule has 0 aromatic heterocycles. The first-order chi connectivity index (χ1) is 11.4. The summed E-state index contributed by atoms with van der Waals surface area (Å²) in [5.41, 5.74) is -0.249. The van der Waals surface area contributed by atoms with Crippen molar-refractivity contribution in [2.45, 2.75) is 20.3 Å². The predicted octanol–water partition coefficient (Wildman–Crippen LogP) is 1.91. The van der Waals surface area contributed by atoms with Gasteiger partial charge in [0.25, 0.3) is 10.1 Å². The molecule has 0 fully saturated rings. The molecule has 146 valence electrons. The van der Waals surface area contributed by atoms with Crippen LogP contribution in [0.3, 0.4) is 0 Å². The monoisotopic (exact) mass is 407 g/mol. The molecule has 11 heteroatoms. The molecule has 1 aromatic rings. The van der Waals surface area contributed by atoms with Gasteiger partial charge in [0.15, 0.2) is 0 Å². The number of hydrogen-bond acceptors (Lipinski definition) is 5. The van der Waals surface area contributed by atoms with Crippen molar-refractivity contribution in [1.82, 2.24) is 0 Å². The van der Waals surface area contributed by atoms with E-state index in [0.717, 1.165) is 6.08 Å². The standard InChI is InChI=1S/C12H11NO5.C3H8O3S.H2S/c1-3-9(14)13-8-5-4-7(11(15)16)6(2)10(8)12(17)18;1-2-3-7(4,5)6;/h3-5H,1H2,2H3,(H,13,14)(H,15,16)(H,17,18);2-3H2,1H3,(H,4,5,6);1H2. The van der Waals surface area contributed by atoms with E-state index in [9.17, 15) is 22.8 Å². The maximum atomic E-state index is 11.1. The second kappa shape index (κ2) is 11.3. The third-order valence-electron chi connectivity index (χ3n) is 2.81. The van der Waals surface area contributed by atoms with E-state index in [0.29, 0.717) is 6.42 Å². The van der Waals surface area contributed by atoms with Crippen molar-refractivity contribution < 1.29 is 37.6 Å². The van der Waals surface area contributed by atoms with Gasteiger partial charge in [-0.25, -0.2) is 9.59 Å². The average molecular weight is 407 g/mol. The largest absolute Gasteiger partial charge is 0.478 e. The van der Waals surface area contributed by atoms with Crippen LogP contribution in [0.2, 0.25) is 0 Å². The normalized spacial score (nSPS) is 9.81. The zero-order valence-corrected chi connectivity index (χ0v) is 16.0. The fourth-order valence-electron chi connectivity index (χ4n) is 1.76. The highest BCUT2D eigenvalue weighted by molar-refractivity contribution is 7.85. The van der Waals surface area contributed by atoms with Crippen LogP contribution in [0.1, 0.15) is 39.6 Å². The number of carboxylic acid groups (broad SMARTS) is 2. The van der Waals surface area contributed by atoms with Crippen molar-refractivity contribution in [3.05, 3.63) is 41.5 Å². The topological polar surface area (TPSA) is 158 Å². The number of amides is 1. The van der Waals surface area contributed by atoms with E-state index >= 15 is 0 Å². The van der Waals surface area contributed by atoms with Gasteiger partial charge in [-0.3, -0.25) is 9.35 Å². The van der Waals surface area contributed by atoms with Crippen molar-refractivity contribution in [1.29, 1.82) is 0 Å². The van der Waals surface area contributed by atoms with Crippen molar-refractivity contribution in [2.75, 3.05) is 11.1 Å². The van der Waals surface area contributed by atoms with E-state index in [1.54, 1.807) is 6.92 Å². The van der Waals surface area contributed by atoms with Crippen molar-refractivity contribution in [3.63, 3.8) is 0 Å². The summed E-state index contributed by atoms with van der Waals surface area (Å²) in [4.78, 5) is 33.2. The summed E-state index contributed by atoms with van der Waals surface area (Å²) in [6, 6.07) is 2.48. The van der Waals surface area contributed by atoms with E-state index in [1.807, 2.05) is 0 Å². The predicted molar refractivity (Wildman–Crippen MR) is 101 cm³/mol. The van der Waals surface area contributed by atoms with Crippen LogP contribution in [0.4, 0.5) is 5.69 Å². The number of nitrogens with one attached hydrogen (secondary N) is 1. The molecule has 0 bridgehead atoms. The maximum absolute atomic E-state index is 11.1. The molecule has 0 heterocycles.